The van der Waals surface area contributed by atoms with Gasteiger partial charge in [-0.1, -0.05) is 12.8 Å². The molecule has 2 fully saturated rings. The van der Waals surface area contributed by atoms with Crippen molar-refractivity contribution in [2.45, 2.75) is 38.1 Å². The number of carbonyl (C=O) groups excluding carboxylic acids is 1. The lowest BCUT2D eigenvalue weighted by molar-refractivity contribution is -0.149. The Hall–Kier alpha value is -0.570. The van der Waals surface area contributed by atoms with E-state index in [1.807, 2.05) is 0 Å². The van der Waals surface area contributed by atoms with Crippen molar-refractivity contribution in [3.63, 3.8) is 0 Å². The molecule has 0 aromatic heterocycles. The van der Waals surface area contributed by atoms with E-state index >= 15 is 0 Å². The number of hydrogen-bond acceptors (Lipinski definition) is 3. The Morgan fingerprint density at radius 3 is 2.86 bits per heavy atom. The van der Waals surface area contributed by atoms with Gasteiger partial charge in [0.05, 0.1) is 13.0 Å². The van der Waals surface area contributed by atoms with E-state index < -0.39 is 0 Å². The van der Waals surface area contributed by atoms with Crippen LogP contribution in [0.3, 0.4) is 0 Å². The maximum absolute atomic E-state index is 11.6. The lowest BCUT2D eigenvalue weighted by Gasteiger charge is -2.40. The number of esters is 1. The highest BCUT2D eigenvalue weighted by molar-refractivity contribution is 5.73. The van der Waals surface area contributed by atoms with E-state index in [4.69, 9.17) is 4.74 Å². The van der Waals surface area contributed by atoms with E-state index in [2.05, 4.69) is 5.32 Å². The summed E-state index contributed by atoms with van der Waals surface area (Å²) < 4.78 is 4.87. The Balaban J connectivity index is 2.04. The molecule has 1 saturated carbocycles. The van der Waals surface area contributed by atoms with Crippen molar-refractivity contribution in [1.82, 2.24) is 5.32 Å². The minimum absolute atomic E-state index is 0.00315. The zero-order chi connectivity index (χ0) is 9.97. The maximum atomic E-state index is 11.6. The largest absolute Gasteiger partial charge is 0.469 e. The summed E-state index contributed by atoms with van der Waals surface area (Å²) >= 11 is 0. The molecule has 1 heterocycles. The second kappa shape index (κ2) is 4.30. The summed E-state index contributed by atoms with van der Waals surface area (Å²) in [5.41, 5.74) is 0. The van der Waals surface area contributed by atoms with Crippen LogP contribution in [0.2, 0.25) is 0 Å². The van der Waals surface area contributed by atoms with Gasteiger partial charge < -0.3 is 10.1 Å². The number of methoxy groups -OCH3 is 1. The molecule has 0 aromatic rings. The summed E-state index contributed by atoms with van der Waals surface area (Å²) in [6.45, 7) is 0.973. The van der Waals surface area contributed by atoms with Crippen LogP contribution in [0.5, 0.6) is 0 Å². The maximum Gasteiger partial charge on any atom is 0.309 e. The molecule has 1 aliphatic heterocycles. The normalized spacial score (nSPS) is 37.4. The summed E-state index contributed by atoms with van der Waals surface area (Å²) in [6, 6.07) is 0.571. The molecule has 0 bridgehead atoms. The van der Waals surface area contributed by atoms with E-state index in [9.17, 15) is 4.79 Å². The molecule has 3 atom stereocenters. The lowest BCUT2D eigenvalue weighted by Crippen LogP contribution is -2.49. The van der Waals surface area contributed by atoms with E-state index in [0.29, 0.717) is 12.0 Å². The van der Waals surface area contributed by atoms with Crippen molar-refractivity contribution >= 4 is 5.97 Å². The van der Waals surface area contributed by atoms with Gasteiger partial charge in [0.25, 0.3) is 0 Å². The highest BCUT2D eigenvalue weighted by atomic mass is 16.5. The third-order valence-corrected chi connectivity index (χ3v) is 3.70. The average Bonchev–Trinajstić information content (AvgIpc) is 2.27. The van der Waals surface area contributed by atoms with Crippen LogP contribution >= 0.6 is 0 Å². The first-order valence-electron chi connectivity index (χ1n) is 5.64. The molecule has 0 amide bonds. The van der Waals surface area contributed by atoms with Gasteiger partial charge >= 0.3 is 5.97 Å². The summed E-state index contributed by atoms with van der Waals surface area (Å²) in [6.07, 6.45) is 5.96. The number of nitrogens with one attached hydrogen (secondary N) is 1. The van der Waals surface area contributed by atoms with Gasteiger partial charge in [-0.15, -0.1) is 0 Å². The summed E-state index contributed by atoms with van der Waals surface area (Å²) in [5.74, 6) is 0.694. The number of rotatable bonds is 1. The van der Waals surface area contributed by atoms with Crippen LogP contribution in [0.1, 0.15) is 32.1 Å². The van der Waals surface area contributed by atoms with Crippen LogP contribution in [0.4, 0.5) is 0 Å². The lowest BCUT2D eigenvalue weighted by atomic mass is 9.73. The van der Waals surface area contributed by atoms with Crippen LogP contribution in [0.25, 0.3) is 0 Å². The van der Waals surface area contributed by atoms with Gasteiger partial charge in [-0.25, -0.2) is 0 Å². The van der Waals surface area contributed by atoms with Crippen LogP contribution in [-0.4, -0.2) is 25.7 Å². The smallest absolute Gasteiger partial charge is 0.309 e. The number of ether oxygens (including phenoxy) is 1. The Morgan fingerprint density at radius 1 is 1.29 bits per heavy atom. The summed E-state index contributed by atoms with van der Waals surface area (Å²) in [4.78, 5) is 11.6. The second-order valence-electron chi connectivity index (χ2n) is 4.43. The van der Waals surface area contributed by atoms with Gasteiger partial charge in [0, 0.05) is 6.04 Å². The first kappa shape index (κ1) is 9.97. The zero-order valence-electron chi connectivity index (χ0n) is 8.79. The Kier molecular flexibility index (Phi) is 3.06. The van der Waals surface area contributed by atoms with Crippen molar-refractivity contribution in [2.75, 3.05) is 13.7 Å². The van der Waals surface area contributed by atoms with Gasteiger partial charge in [-0.3, -0.25) is 4.79 Å². The first-order chi connectivity index (χ1) is 6.83. The third-order valence-electron chi connectivity index (χ3n) is 3.70. The number of fused-ring (bicyclic) bond motifs is 1. The molecule has 80 valence electrons. The first-order valence-corrected chi connectivity index (χ1v) is 5.64. The van der Waals surface area contributed by atoms with Crippen molar-refractivity contribution in [1.29, 1.82) is 0 Å². The highest BCUT2D eigenvalue weighted by Gasteiger charge is 2.38. The standard InChI is InChI=1S/C11H19NO2/c1-14-11(13)9-6-7-12-10-5-3-2-4-8(9)10/h8-10,12H,2-7H2,1H3/t8-,9-,10+/m1/s1. The van der Waals surface area contributed by atoms with Crippen LogP contribution in [0.15, 0.2) is 0 Å². The topological polar surface area (TPSA) is 38.3 Å². The fourth-order valence-corrected chi connectivity index (χ4v) is 2.98. The summed E-state index contributed by atoms with van der Waals surface area (Å²) in [7, 11) is 1.50. The molecule has 3 nitrogen and oxygen atoms in total. The van der Waals surface area contributed by atoms with Gasteiger partial charge in [-0.2, -0.15) is 0 Å². The Labute approximate surface area is 85.2 Å². The third kappa shape index (κ3) is 1.78. The molecule has 2 rings (SSSR count). The average molecular weight is 197 g/mol. The molecule has 2 aliphatic rings. The highest BCUT2D eigenvalue weighted by Crippen LogP contribution is 2.35. The van der Waals surface area contributed by atoms with Gasteiger partial charge in [0.1, 0.15) is 0 Å². The predicted octanol–water partition coefficient (Wildman–Crippen LogP) is 1.33. The summed E-state index contributed by atoms with van der Waals surface area (Å²) in [5, 5.41) is 3.52. The van der Waals surface area contributed by atoms with Gasteiger partial charge in [0.15, 0.2) is 0 Å². The quantitative estimate of drug-likeness (QED) is 0.644. The molecule has 0 radical (unpaired) electrons. The van der Waals surface area contributed by atoms with Crippen molar-refractivity contribution < 1.29 is 9.53 Å². The molecule has 14 heavy (non-hydrogen) atoms. The molecule has 3 heteroatoms. The minimum Gasteiger partial charge on any atom is -0.469 e. The van der Waals surface area contributed by atoms with Crippen LogP contribution < -0.4 is 5.32 Å². The fourth-order valence-electron chi connectivity index (χ4n) is 2.98. The number of piperidine rings is 1. The molecule has 1 aliphatic carbocycles. The molecular formula is C11H19NO2. The molecule has 0 unspecified atom stereocenters. The molecular weight excluding hydrogens is 178 g/mol. The second-order valence-corrected chi connectivity index (χ2v) is 4.43. The van der Waals surface area contributed by atoms with E-state index in [1.165, 1.54) is 32.8 Å². The fraction of sp³-hybridized carbons (Fsp3) is 0.909. The van der Waals surface area contributed by atoms with Crippen LogP contribution in [0, 0.1) is 11.8 Å². The Bertz CT molecular complexity index is 215. The van der Waals surface area contributed by atoms with Crippen LogP contribution in [-0.2, 0) is 9.53 Å². The van der Waals surface area contributed by atoms with Crippen molar-refractivity contribution in [3.8, 4) is 0 Å². The molecule has 1 N–H and O–H groups in total. The zero-order valence-corrected chi connectivity index (χ0v) is 8.79. The molecule has 0 aromatic carbocycles. The predicted molar refractivity (Wildman–Crippen MR) is 53.9 cm³/mol. The van der Waals surface area contributed by atoms with E-state index in [0.717, 1.165) is 13.0 Å². The molecule has 1 saturated heterocycles. The minimum atomic E-state index is 0.00315. The van der Waals surface area contributed by atoms with Crippen molar-refractivity contribution in [2.24, 2.45) is 11.8 Å². The monoisotopic (exact) mass is 197 g/mol. The number of hydrogen-bond donors (Lipinski definition) is 1. The van der Waals surface area contributed by atoms with E-state index in [-0.39, 0.29) is 11.9 Å². The van der Waals surface area contributed by atoms with Crippen molar-refractivity contribution in [3.05, 3.63) is 0 Å². The molecule has 0 spiro atoms. The SMILES string of the molecule is COC(=O)[C@@H]1CCN[C@H]2CCCC[C@@H]21. The number of carbonyl (C=O) groups is 1. The van der Waals surface area contributed by atoms with E-state index in [1.54, 1.807) is 0 Å². The Morgan fingerprint density at radius 2 is 2.07 bits per heavy atom. The van der Waals surface area contributed by atoms with Gasteiger partial charge in [-0.05, 0) is 31.7 Å². The van der Waals surface area contributed by atoms with Gasteiger partial charge in [0.2, 0.25) is 0 Å².